The van der Waals surface area contributed by atoms with Crippen LogP contribution < -0.4 is 0 Å². The van der Waals surface area contributed by atoms with Gasteiger partial charge in [-0.2, -0.15) is 0 Å². The first-order valence-corrected chi connectivity index (χ1v) is 3.10. The molecule has 0 saturated heterocycles. The predicted molar refractivity (Wildman–Crippen MR) is 37.1 cm³/mol. The highest BCUT2D eigenvalue weighted by atomic mass is 16.1. The molecule has 2 nitrogen and oxygen atoms in total. The Morgan fingerprint density at radius 3 is 2.33 bits per heavy atom. The van der Waals surface area contributed by atoms with Crippen molar-refractivity contribution >= 4 is 6.08 Å². The molecule has 0 aliphatic rings. The van der Waals surface area contributed by atoms with Gasteiger partial charge in [0.25, 0.3) is 0 Å². The van der Waals surface area contributed by atoms with E-state index in [4.69, 9.17) is 0 Å². The summed E-state index contributed by atoms with van der Waals surface area (Å²) in [5.74, 6) is 0. The maximum absolute atomic E-state index is 9.60. The van der Waals surface area contributed by atoms with Gasteiger partial charge < -0.3 is 0 Å². The minimum Gasteiger partial charge on any atom is -0.211 e. The van der Waals surface area contributed by atoms with Crippen LogP contribution in [0.15, 0.2) is 4.99 Å². The van der Waals surface area contributed by atoms with E-state index in [0.717, 1.165) is 6.42 Å². The molecule has 0 rings (SSSR count). The summed E-state index contributed by atoms with van der Waals surface area (Å²) in [7, 11) is 0. The molecule has 0 aliphatic heterocycles. The number of hydrogen-bond donors (Lipinski definition) is 0. The van der Waals surface area contributed by atoms with Crippen molar-refractivity contribution in [3.8, 4) is 0 Å². The lowest BCUT2D eigenvalue weighted by Gasteiger charge is -2.14. The fourth-order valence-corrected chi connectivity index (χ4v) is 0.437. The molecule has 0 radical (unpaired) electrons. The van der Waals surface area contributed by atoms with Gasteiger partial charge in [0.05, 0.1) is 6.54 Å². The third-order valence-electron chi connectivity index (χ3n) is 1.04. The Balaban J connectivity index is 3.39. The van der Waals surface area contributed by atoms with E-state index in [0.29, 0.717) is 6.54 Å². The van der Waals surface area contributed by atoms with E-state index >= 15 is 0 Å². The first-order valence-electron chi connectivity index (χ1n) is 3.10. The van der Waals surface area contributed by atoms with Crippen LogP contribution in [0.4, 0.5) is 0 Å². The first kappa shape index (κ1) is 8.38. The molecule has 0 amide bonds. The molecule has 2 heteroatoms. The smallest absolute Gasteiger partial charge is 0.211 e. The molecule has 0 aromatic heterocycles. The molecule has 52 valence electrons. The van der Waals surface area contributed by atoms with Gasteiger partial charge in [0.15, 0.2) is 0 Å². The van der Waals surface area contributed by atoms with Gasteiger partial charge in [-0.15, -0.1) is 0 Å². The number of isocyanates is 1. The highest BCUT2D eigenvalue weighted by Gasteiger charge is 2.07. The van der Waals surface area contributed by atoms with E-state index in [1.54, 1.807) is 0 Å². The summed E-state index contributed by atoms with van der Waals surface area (Å²) in [6.07, 6.45) is 2.46. The topological polar surface area (TPSA) is 29.4 Å². The second-order valence-electron chi connectivity index (χ2n) is 3.28. The SMILES string of the molecule is CC(C)(C)CCN=C=O. The second-order valence-corrected chi connectivity index (χ2v) is 3.28. The van der Waals surface area contributed by atoms with E-state index in [-0.39, 0.29) is 5.41 Å². The summed E-state index contributed by atoms with van der Waals surface area (Å²) >= 11 is 0. The molecule has 0 bridgehead atoms. The summed E-state index contributed by atoms with van der Waals surface area (Å²) < 4.78 is 0. The quantitative estimate of drug-likeness (QED) is 0.410. The van der Waals surface area contributed by atoms with Crippen LogP contribution in [-0.4, -0.2) is 12.6 Å². The van der Waals surface area contributed by atoms with Gasteiger partial charge in [-0.1, -0.05) is 20.8 Å². The number of hydrogen-bond acceptors (Lipinski definition) is 2. The normalized spacial score (nSPS) is 10.6. The lowest BCUT2D eigenvalue weighted by atomic mass is 9.93. The molecule has 0 N–H and O–H groups in total. The van der Waals surface area contributed by atoms with Gasteiger partial charge >= 0.3 is 0 Å². The van der Waals surface area contributed by atoms with Crippen LogP contribution in [0.1, 0.15) is 27.2 Å². The molecule has 0 fully saturated rings. The minimum atomic E-state index is 0.278. The number of rotatable bonds is 2. The molecular weight excluding hydrogens is 114 g/mol. The highest BCUT2D eigenvalue weighted by molar-refractivity contribution is 5.32. The number of carbonyl (C=O) groups excluding carboxylic acids is 1. The lowest BCUT2D eigenvalue weighted by molar-refractivity contribution is 0.385. The van der Waals surface area contributed by atoms with Crippen LogP contribution >= 0.6 is 0 Å². The molecule has 0 heterocycles. The first-order chi connectivity index (χ1) is 4.06. The lowest BCUT2D eigenvalue weighted by Crippen LogP contribution is -2.05. The van der Waals surface area contributed by atoms with E-state index in [1.165, 1.54) is 6.08 Å². The fraction of sp³-hybridized carbons (Fsp3) is 0.857. The van der Waals surface area contributed by atoms with Crippen LogP contribution in [0, 0.1) is 5.41 Å². The molecule has 9 heavy (non-hydrogen) atoms. The molecule has 0 saturated carbocycles. The molecule has 0 aliphatic carbocycles. The monoisotopic (exact) mass is 127 g/mol. The molecular formula is C7H13NO. The van der Waals surface area contributed by atoms with Crippen LogP contribution in [0.2, 0.25) is 0 Å². The van der Waals surface area contributed by atoms with E-state index in [2.05, 4.69) is 25.8 Å². The second kappa shape index (κ2) is 3.41. The zero-order chi connectivity index (χ0) is 7.33. The molecule has 0 unspecified atom stereocenters. The van der Waals surface area contributed by atoms with Gasteiger partial charge in [-0.25, -0.2) is 9.79 Å². The molecule has 0 aromatic carbocycles. The van der Waals surface area contributed by atoms with Crippen molar-refractivity contribution in [3.05, 3.63) is 0 Å². The minimum absolute atomic E-state index is 0.278. The Kier molecular flexibility index (Phi) is 3.18. The average Bonchev–Trinajstić information content (AvgIpc) is 1.63. The molecule has 0 spiro atoms. The summed E-state index contributed by atoms with van der Waals surface area (Å²) in [6.45, 7) is 6.96. The average molecular weight is 127 g/mol. The summed E-state index contributed by atoms with van der Waals surface area (Å²) in [5, 5.41) is 0. The van der Waals surface area contributed by atoms with Gasteiger partial charge in [-0.05, 0) is 11.8 Å². The third-order valence-corrected chi connectivity index (χ3v) is 1.04. The largest absolute Gasteiger partial charge is 0.234 e. The van der Waals surface area contributed by atoms with Crippen molar-refractivity contribution in [1.29, 1.82) is 0 Å². The third kappa shape index (κ3) is 7.38. The van der Waals surface area contributed by atoms with Crippen molar-refractivity contribution in [3.63, 3.8) is 0 Å². The zero-order valence-corrected chi connectivity index (χ0v) is 6.27. The molecule has 0 atom stereocenters. The van der Waals surface area contributed by atoms with Crippen LogP contribution in [0.25, 0.3) is 0 Å². The van der Waals surface area contributed by atoms with Crippen LogP contribution in [0.3, 0.4) is 0 Å². The summed E-state index contributed by atoms with van der Waals surface area (Å²) in [6, 6.07) is 0. The van der Waals surface area contributed by atoms with Gasteiger partial charge in [-0.3, -0.25) is 0 Å². The van der Waals surface area contributed by atoms with E-state index in [1.807, 2.05) is 0 Å². The Labute approximate surface area is 56.0 Å². The Hall–Kier alpha value is -0.620. The van der Waals surface area contributed by atoms with Gasteiger partial charge in [0.1, 0.15) is 0 Å². The van der Waals surface area contributed by atoms with Gasteiger partial charge in [0, 0.05) is 0 Å². The van der Waals surface area contributed by atoms with Crippen molar-refractivity contribution in [2.24, 2.45) is 10.4 Å². The Bertz CT molecular complexity index is 117. The van der Waals surface area contributed by atoms with Crippen molar-refractivity contribution < 1.29 is 4.79 Å². The Morgan fingerprint density at radius 1 is 1.44 bits per heavy atom. The summed E-state index contributed by atoms with van der Waals surface area (Å²) in [4.78, 5) is 13.1. The maximum Gasteiger partial charge on any atom is 0.234 e. The summed E-state index contributed by atoms with van der Waals surface area (Å²) in [5.41, 5.74) is 0.278. The zero-order valence-electron chi connectivity index (χ0n) is 6.27. The van der Waals surface area contributed by atoms with Crippen molar-refractivity contribution in [1.82, 2.24) is 0 Å². The predicted octanol–water partition coefficient (Wildman–Crippen LogP) is 1.76. The fourth-order valence-electron chi connectivity index (χ4n) is 0.437. The van der Waals surface area contributed by atoms with E-state index in [9.17, 15) is 4.79 Å². The highest BCUT2D eigenvalue weighted by Crippen LogP contribution is 2.17. The standard InChI is InChI=1S/C7H13NO/c1-7(2,3)4-5-8-6-9/h4-5H2,1-3H3. The maximum atomic E-state index is 9.60. The van der Waals surface area contributed by atoms with E-state index < -0.39 is 0 Å². The molecule has 0 aromatic rings. The van der Waals surface area contributed by atoms with Crippen LogP contribution in [0.5, 0.6) is 0 Å². The Morgan fingerprint density at radius 2 is 2.00 bits per heavy atom. The van der Waals surface area contributed by atoms with Crippen molar-refractivity contribution in [2.45, 2.75) is 27.2 Å². The van der Waals surface area contributed by atoms with Crippen molar-refractivity contribution in [2.75, 3.05) is 6.54 Å². The van der Waals surface area contributed by atoms with Gasteiger partial charge in [0.2, 0.25) is 6.08 Å². The number of aliphatic imine (C=N–C) groups is 1. The van der Waals surface area contributed by atoms with Crippen LogP contribution in [-0.2, 0) is 4.79 Å². The number of nitrogens with zero attached hydrogens (tertiary/aromatic N) is 1.